The van der Waals surface area contributed by atoms with Crippen molar-refractivity contribution in [1.82, 2.24) is 0 Å². The Bertz CT molecular complexity index is 658. The number of carbonyl (C=O) groups excluding carboxylic acids is 1. The number of esters is 1. The highest BCUT2D eigenvalue weighted by Gasteiger charge is 2.13. The van der Waals surface area contributed by atoms with Crippen LogP contribution in [0, 0.1) is 0 Å². The Morgan fingerprint density at radius 1 is 0.489 bits per heavy atom. The normalized spacial score (nSPS) is 12.5. The monoisotopic (exact) mass is 663 g/mol. The van der Waals surface area contributed by atoms with Gasteiger partial charge in [-0.2, -0.15) is 0 Å². The third-order valence-corrected chi connectivity index (χ3v) is 9.25. The maximum atomic E-state index is 12.1. The zero-order chi connectivity index (χ0) is 34.1. The van der Waals surface area contributed by atoms with E-state index in [1.165, 1.54) is 180 Å². The van der Waals surface area contributed by atoms with Crippen LogP contribution in [0.25, 0.3) is 0 Å². The Morgan fingerprint density at radius 3 is 1.23 bits per heavy atom. The van der Waals surface area contributed by atoms with Crippen molar-refractivity contribution in [3.63, 3.8) is 0 Å². The molecule has 0 fully saturated rings. The van der Waals surface area contributed by atoms with Crippen LogP contribution in [0.1, 0.15) is 219 Å². The Hall–Kier alpha value is -1.13. The summed E-state index contributed by atoms with van der Waals surface area (Å²) in [7, 11) is 0. The number of aliphatic hydroxyl groups excluding tert-OH is 1. The van der Waals surface area contributed by atoms with Gasteiger partial charge in [-0.1, -0.05) is 173 Å². The lowest BCUT2D eigenvalue weighted by atomic mass is 10.1. The van der Waals surface area contributed by atoms with Gasteiger partial charge >= 0.3 is 5.97 Å². The molecule has 1 unspecified atom stereocenters. The second-order valence-electron chi connectivity index (χ2n) is 14.1. The average molecular weight is 663 g/mol. The molecule has 0 aromatic carbocycles. The first kappa shape index (κ1) is 45.9. The van der Waals surface area contributed by atoms with Crippen molar-refractivity contribution < 1.29 is 19.4 Å². The van der Waals surface area contributed by atoms with Crippen LogP contribution in [0.4, 0.5) is 0 Å². The van der Waals surface area contributed by atoms with E-state index in [0.29, 0.717) is 19.6 Å². The summed E-state index contributed by atoms with van der Waals surface area (Å²) in [6.07, 6.45) is 49.5. The highest BCUT2D eigenvalue weighted by Crippen LogP contribution is 2.14. The number of ether oxygens (including phenoxy) is 2. The quantitative estimate of drug-likeness (QED) is 0.0404. The van der Waals surface area contributed by atoms with E-state index in [4.69, 9.17) is 9.47 Å². The lowest BCUT2D eigenvalue weighted by Crippen LogP contribution is -2.27. The SMILES string of the molecule is CCCCCC/C=C\CCCCCCCC(=O)OC(CO)COCCCCCCCCCCCC/C=C\CCCCCCCCCC. The molecule has 0 aliphatic carbocycles. The molecule has 4 heteroatoms. The zero-order valence-electron chi connectivity index (χ0n) is 31.8. The summed E-state index contributed by atoms with van der Waals surface area (Å²) in [5.41, 5.74) is 0. The molecule has 0 aliphatic heterocycles. The average Bonchev–Trinajstić information content (AvgIpc) is 3.08. The van der Waals surface area contributed by atoms with E-state index in [1.807, 2.05) is 0 Å². The van der Waals surface area contributed by atoms with Crippen molar-refractivity contribution in [2.45, 2.75) is 225 Å². The predicted molar refractivity (Wildman–Crippen MR) is 205 cm³/mol. The molecule has 0 aromatic heterocycles. The molecule has 0 amide bonds. The van der Waals surface area contributed by atoms with Crippen LogP contribution in [-0.2, 0) is 14.3 Å². The van der Waals surface area contributed by atoms with Crippen LogP contribution in [0.5, 0.6) is 0 Å². The van der Waals surface area contributed by atoms with Gasteiger partial charge in [0.15, 0.2) is 0 Å². The lowest BCUT2D eigenvalue weighted by Gasteiger charge is -2.15. The van der Waals surface area contributed by atoms with Gasteiger partial charge in [0.2, 0.25) is 0 Å². The third kappa shape index (κ3) is 39.2. The molecule has 0 heterocycles. The highest BCUT2D eigenvalue weighted by molar-refractivity contribution is 5.69. The summed E-state index contributed by atoms with van der Waals surface area (Å²) in [6, 6.07) is 0. The minimum atomic E-state index is -0.535. The fraction of sp³-hybridized carbons (Fsp3) is 0.884. The van der Waals surface area contributed by atoms with Gasteiger partial charge in [-0.25, -0.2) is 0 Å². The van der Waals surface area contributed by atoms with Gasteiger partial charge in [0.25, 0.3) is 0 Å². The van der Waals surface area contributed by atoms with Gasteiger partial charge in [-0.15, -0.1) is 0 Å². The van der Waals surface area contributed by atoms with Gasteiger partial charge in [0.1, 0.15) is 6.10 Å². The molecule has 0 saturated heterocycles. The van der Waals surface area contributed by atoms with Crippen LogP contribution < -0.4 is 0 Å². The second kappa shape index (κ2) is 41.0. The summed E-state index contributed by atoms with van der Waals surface area (Å²) in [5.74, 6) is -0.208. The largest absolute Gasteiger partial charge is 0.457 e. The molecule has 1 atom stereocenters. The summed E-state index contributed by atoms with van der Waals surface area (Å²) >= 11 is 0. The fourth-order valence-electron chi connectivity index (χ4n) is 6.08. The predicted octanol–water partition coefficient (Wildman–Crippen LogP) is 13.5. The van der Waals surface area contributed by atoms with E-state index in [-0.39, 0.29) is 12.6 Å². The van der Waals surface area contributed by atoms with E-state index < -0.39 is 6.10 Å². The van der Waals surface area contributed by atoms with Crippen LogP contribution in [0.2, 0.25) is 0 Å². The number of hydrogen-bond donors (Lipinski definition) is 1. The van der Waals surface area contributed by atoms with E-state index in [0.717, 1.165) is 19.3 Å². The Balaban J connectivity index is 3.39. The Kier molecular flexibility index (Phi) is 40.1. The minimum Gasteiger partial charge on any atom is -0.457 e. The molecule has 0 aromatic rings. The van der Waals surface area contributed by atoms with Crippen LogP contribution >= 0.6 is 0 Å². The number of allylic oxidation sites excluding steroid dienone is 4. The van der Waals surface area contributed by atoms with E-state index >= 15 is 0 Å². The number of unbranched alkanes of at least 4 members (excludes halogenated alkanes) is 27. The summed E-state index contributed by atoms with van der Waals surface area (Å²) in [6.45, 7) is 5.34. The maximum Gasteiger partial charge on any atom is 0.306 e. The topological polar surface area (TPSA) is 55.8 Å². The molecule has 0 rings (SSSR count). The molecular weight excluding hydrogens is 580 g/mol. The molecule has 0 spiro atoms. The molecule has 278 valence electrons. The highest BCUT2D eigenvalue weighted by atomic mass is 16.6. The molecule has 0 bridgehead atoms. The molecule has 1 N–H and O–H groups in total. The number of aliphatic hydroxyl groups is 1. The summed E-state index contributed by atoms with van der Waals surface area (Å²) in [5, 5.41) is 9.58. The van der Waals surface area contributed by atoms with Gasteiger partial charge in [-0.3, -0.25) is 4.79 Å². The van der Waals surface area contributed by atoms with Gasteiger partial charge in [0, 0.05) is 13.0 Å². The van der Waals surface area contributed by atoms with Gasteiger partial charge in [0.05, 0.1) is 13.2 Å². The summed E-state index contributed by atoms with van der Waals surface area (Å²) < 4.78 is 11.1. The first-order valence-corrected chi connectivity index (χ1v) is 20.9. The first-order chi connectivity index (χ1) is 23.2. The Labute approximate surface area is 294 Å². The van der Waals surface area contributed by atoms with E-state index in [1.54, 1.807) is 0 Å². The van der Waals surface area contributed by atoms with Crippen LogP contribution in [-0.4, -0.2) is 37.0 Å². The summed E-state index contributed by atoms with van der Waals surface area (Å²) in [4.78, 5) is 12.1. The van der Waals surface area contributed by atoms with Gasteiger partial charge in [-0.05, 0) is 64.2 Å². The molecule has 0 saturated carbocycles. The molecular formula is C43H82O4. The van der Waals surface area contributed by atoms with Crippen molar-refractivity contribution in [3.05, 3.63) is 24.3 Å². The van der Waals surface area contributed by atoms with E-state index in [2.05, 4.69) is 38.2 Å². The third-order valence-electron chi connectivity index (χ3n) is 9.25. The fourth-order valence-corrected chi connectivity index (χ4v) is 6.08. The maximum absolute atomic E-state index is 12.1. The molecule has 0 aliphatic rings. The van der Waals surface area contributed by atoms with Gasteiger partial charge < -0.3 is 14.6 Å². The lowest BCUT2D eigenvalue weighted by molar-refractivity contribution is -0.154. The smallest absolute Gasteiger partial charge is 0.306 e. The van der Waals surface area contributed by atoms with Crippen LogP contribution in [0.3, 0.4) is 0 Å². The van der Waals surface area contributed by atoms with Crippen molar-refractivity contribution in [2.24, 2.45) is 0 Å². The van der Waals surface area contributed by atoms with Crippen LogP contribution in [0.15, 0.2) is 24.3 Å². The van der Waals surface area contributed by atoms with Crippen molar-refractivity contribution in [2.75, 3.05) is 19.8 Å². The molecule has 4 nitrogen and oxygen atoms in total. The van der Waals surface area contributed by atoms with Crippen molar-refractivity contribution >= 4 is 5.97 Å². The number of hydrogen-bond acceptors (Lipinski definition) is 4. The second-order valence-corrected chi connectivity index (χ2v) is 14.1. The number of rotatable bonds is 39. The van der Waals surface area contributed by atoms with Crippen molar-refractivity contribution in [3.8, 4) is 0 Å². The minimum absolute atomic E-state index is 0.173. The first-order valence-electron chi connectivity index (χ1n) is 20.9. The molecule has 47 heavy (non-hydrogen) atoms. The standard InChI is InChI=1S/C43H82O4/c1-3-5-7-9-11-13-15-17-18-19-20-21-22-23-24-25-27-29-31-33-35-37-39-46-41-42(40-44)47-43(45)38-36-34-32-30-28-26-16-14-12-10-8-6-4-2/h14,16,19-20,42,44H,3-13,15,17-18,21-41H2,1-2H3/b16-14-,20-19-. The number of carbonyl (C=O) groups is 1. The van der Waals surface area contributed by atoms with Crippen molar-refractivity contribution in [1.29, 1.82) is 0 Å². The Morgan fingerprint density at radius 2 is 0.830 bits per heavy atom. The zero-order valence-corrected chi connectivity index (χ0v) is 31.8. The molecule has 0 radical (unpaired) electrons. The van der Waals surface area contributed by atoms with E-state index in [9.17, 15) is 9.90 Å².